The van der Waals surface area contributed by atoms with Crippen LogP contribution in [0.1, 0.15) is 19.8 Å². The molecule has 1 fully saturated rings. The smallest absolute Gasteiger partial charge is 0.309 e. The molecule has 5 heteroatoms. The molecule has 0 saturated carbocycles. The summed E-state index contributed by atoms with van der Waals surface area (Å²) in [6, 6.07) is 0. The standard InChI is InChI=1S/C11H19NO4/c1-3-16-11(14)9-4-6-12(7-5-9)10(13)8-15-2/h9H,3-8H2,1-2H3. The molecule has 0 aromatic rings. The lowest BCUT2D eigenvalue weighted by Crippen LogP contribution is -2.42. The van der Waals surface area contributed by atoms with E-state index in [1.807, 2.05) is 0 Å². The van der Waals surface area contributed by atoms with E-state index in [-0.39, 0.29) is 24.4 Å². The Morgan fingerprint density at radius 2 is 1.94 bits per heavy atom. The van der Waals surface area contributed by atoms with Gasteiger partial charge < -0.3 is 14.4 Å². The van der Waals surface area contributed by atoms with E-state index in [9.17, 15) is 9.59 Å². The molecule has 0 aliphatic carbocycles. The minimum atomic E-state index is -0.138. The average Bonchev–Trinajstić information content (AvgIpc) is 2.30. The fourth-order valence-electron chi connectivity index (χ4n) is 1.84. The number of methoxy groups -OCH3 is 1. The fraction of sp³-hybridized carbons (Fsp3) is 0.818. The lowest BCUT2D eigenvalue weighted by Gasteiger charge is -2.30. The number of nitrogens with zero attached hydrogens (tertiary/aromatic N) is 1. The Morgan fingerprint density at radius 3 is 2.44 bits per heavy atom. The number of hydrogen-bond donors (Lipinski definition) is 0. The summed E-state index contributed by atoms with van der Waals surface area (Å²) < 4.78 is 9.74. The topological polar surface area (TPSA) is 55.8 Å². The number of carbonyl (C=O) groups is 2. The molecule has 0 aromatic carbocycles. The molecular formula is C11H19NO4. The van der Waals surface area contributed by atoms with Gasteiger partial charge in [-0.15, -0.1) is 0 Å². The van der Waals surface area contributed by atoms with Gasteiger partial charge in [0.05, 0.1) is 12.5 Å². The molecule has 1 aliphatic rings. The maximum absolute atomic E-state index is 11.5. The third-order valence-corrected chi connectivity index (χ3v) is 2.74. The summed E-state index contributed by atoms with van der Waals surface area (Å²) >= 11 is 0. The highest BCUT2D eigenvalue weighted by Gasteiger charge is 2.27. The number of carbonyl (C=O) groups excluding carboxylic acids is 2. The van der Waals surface area contributed by atoms with Crippen LogP contribution in [-0.4, -0.2) is 50.2 Å². The summed E-state index contributed by atoms with van der Waals surface area (Å²) in [5.41, 5.74) is 0. The molecular weight excluding hydrogens is 210 g/mol. The Kier molecular flexibility index (Phi) is 5.25. The highest BCUT2D eigenvalue weighted by molar-refractivity contribution is 5.78. The number of esters is 1. The van der Waals surface area contributed by atoms with Crippen molar-refractivity contribution in [1.82, 2.24) is 4.90 Å². The molecule has 0 unspecified atom stereocenters. The van der Waals surface area contributed by atoms with Crippen LogP contribution in [0.15, 0.2) is 0 Å². The van der Waals surface area contributed by atoms with Crippen molar-refractivity contribution in [1.29, 1.82) is 0 Å². The Morgan fingerprint density at radius 1 is 1.31 bits per heavy atom. The van der Waals surface area contributed by atoms with Crippen LogP contribution in [0.2, 0.25) is 0 Å². The number of rotatable bonds is 4. The van der Waals surface area contributed by atoms with Gasteiger partial charge in [-0.3, -0.25) is 9.59 Å². The zero-order chi connectivity index (χ0) is 12.0. The Bertz CT molecular complexity index is 220. The van der Waals surface area contributed by atoms with E-state index < -0.39 is 0 Å². The molecule has 0 N–H and O–H groups in total. The van der Waals surface area contributed by atoms with Crippen molar-refractivity contribution >= 4 is 11.9 Å². The van der Waals surface area contributed by atoms with Crippen molar-refractivity contribution in [2.75, 3.05) is 33.4 Å². The molecule has 0 aromatic heterocycles. The van der Waals surface area contributed by atoms with Crippen molar-refractivity contribution in [2.24, 2.45) is 5.92 Å². The number of hydrogen-bond acceptors (Lipinski definition) is 4. The fourth-order valence-corrected chi connectivity index (χ4v) is 1.84. The van der Waals surface area contributed by atoms with Gasteiger partial charge in [-0.1, -0.05) is 0 Å². The van der Waals surface area contributed by atoms with Gasteiger partial charge in [-0.2, -0.15) is 0 Å². The third-order valence-electron chi connectivity index (χ3n) is 2.74. The second kappa shape index (κ2) is 6.48. The van der Waals surface area contributed by atoms with Gasteiger partial charge in [0, 0.05) is 20.2 Å². The molecule has 0 spiro atoms. The quantitative estimate of drug-likeness (QED) is 0.656. The van der Waals surface area contributed by atoms with Crippen LogP contribution in [0.3, 0.4) is 0 Å². The number of ether oxygens (including phenoxy) is 2. The maximum Gasteiger partial charge on any atom is 0.309 e. The van der Waals surface area contributed by atoms with Crippen LogP contribution in [-0.2, 0) is 19.1 Å². The first kappa shape index (κ1) is 13.0. The van der Waals surface area contributed by atoms with E-state index in [0.29, 0.717) is 32.5 Å². The van der Waals surface area contributed by atoms with Crippen LogP contribution in [0.4, 0.5) is 0 Å². The Labute approximate surface area is 95.7 Å². The number of piperidine rings is 1. The van der Waals surface area contributed by atoms with Crippen molar-refractivity contribution in [2.45, 2.75) is 19.8 Å². The number of likely N-dealkylation sites (tertiary alicyclic amines) is 1. The van der Waals surface area contributed by atoms with E-state index in [1.54, 1.807) is 11.8 Å². The van der Waals surface area contributed by atoms with Gasteiger partial charge in [-0.05, 0) is 19.8 Å². The molecule has 1 amide bonds. The van der Waals surface area contributed by atoms with Gasteiger partial charge in [-0.25, -0.2) is 0 Å². The monoisotopic (exact) mass is 229 g/mol. The molecule has 16 heavy (non-hydrogen) atoms. The highest BCUT2D eigenvalue weighted by Crippen LogP contribution is 2.18. The van der Waals surface area contributed by atoms with Crippen molar-refractivity contribution in [3.63, 3.8) is 0 Å². The maximum atomic E-state index is 11.5. The minimum Gasteiger partial charge on any atom is -0.466 e. The molecule has 1 heterocycles. The van der Waals surface area contributed by atoms with Crippen molar-refractivity contribution in [3.05, 3.63) is 0 Å². The molecule has 0 atom stereocenters. The van der Waals surface area contributed by atoms with Crippen molar-refractivity contribution in [3.8, 4) is 0 Å². The molecule has 92 valence electrons. The van der Waals surface area contributed by atoms with E-state index in [4.69, 9.17) is 9.47 Å². The predicted molar refractivity (Wildman–Crippen MR) is 57.8 cm³/mol. The van der Waals surface area contributed by atoms with E-state index in [2.05, 4.69) is 0 Å². The van der Waals surface area contributed by atoms with Gasteiger partial charge in [0.15, 0.2) is 0 Å². The Balaban J connectivity index is 2.33. The molecule has 1 rings (SSSR count). The lowest BCUT2D eigenvalue weighted by atomic mass is 9.97. The van der Waals surface area contributed by atoms with Gasteiger partial charge in [0.1, 0.15) is 6.61 Å². The lowest BCUT2D eigenvalue weighted by molar-refractivity contribution is -0.151. The predicted octanol–water partition coefficient (Wildman–Crippen LogP) is 0.434. The van der Waals surface area contributed by atoms with Crippen LogP contribution in [0.5, 0.6) is 0 Å². The summed E-state index contributed by atoms with van der Waals surface area (Å²) in [7, 11) is 1.50. The summed E-state index contributed by atoms with van der Waals surface area (Å²) in [6.45, 7) is 3.57. The third kappa shape index (κ3) is 3.48. The molecule has 1 aliphatic heterocycles. The summed E-state index contributed by atoms with van der Waals surface area (Å²) in [4.78, 5) is 24.7. The zero-order valence-corrected chi connectivity index (χ0v) is 9.90. The van der Waals surface area contributed by atoms with Gasteiger partial charge in [0.25, 0.3) is 0 Å². The largest absolute Gasteiger partial charge is 0.466 e. The zero-order valence-electron chi connectivity index (χ0n) is 9.90. The summed E-state index contributed by atoms with van der Waals surface area (Å²) in [5, 5.41) is 0. The van der Waals surface area contributed by atoms with E-state index >= 15 is 0 Å². The first-order chi connectivity index (χ1) is 7.69. The first-order valence-corrected chi connectivity index (χ1v) is 5.62. The van der Waals surface area contributed by atoms with Crippen LogP contribution in [0.25, 0.3) is 0 Å². The minimum absolute atomic E-state index is 0.00944. The van der Waals surface area contributed by atoms with Crippen LogP contribution in [0, 0.1) is 5.92 Å². The summed E-state index contributed by atoms with van der Waals surface area (Å²) in [5.74, 6) is -0.197. The second-order valence-electron chi connectivity index (χ2n) is 3.84. The molecule has 5 nitrogen and oxygen atoms in total. The Hall–Kier alpha value is -1.10. The van der Waals surface area contributed by atoms with Gasteiger partial charge >= 0.3 is 5.97 Å². The first-order valence-electron chi connectivity index (χ1n) is 5.62. The molecule has 0 radical (unpaired) electrons. The normalized spacial score (nSPS) is 17.2. The molecule has 0 bridgehead atoms. The van der Waals surface area contributed by atoms with Crippen LogP contribution < -0.4 is 0 Å². The SMILES string of the molecule is CCOC(=O)C1CCN(C(=O)COC)CC1. The molecule has 1 saturated heterocycles. The van der Waals surface area contributed by atoms with Crippen molar-refractivity contribution < 1.29 is 19.1 Å². The van der Waals surface area contributed by atoms with E-state index in [1.165, 1.54) is 7.11 Å². The average molecular weight is 229 g/mol. The highest BCUT2D eigenvalue weighted by atomic mass is 16.5. The van der Waals surface area contributed by atoms with Crippen LogP contribution >= 0.6 is 0 Å². The summed E-state index contributed by atoms with van der Waals surface area (Å²) in [6.07, 6.45) is 1.38. The van der Waals surface area contributed by atoms with E-state index in [0.717, 1.165) is 0 Å². The van der Waals surface area contributed by atoms with Gasteiger partial charge in [0.2, 0.25) is 5.91 Å². The number of amides is 1. The second-order valence-corrected chi connectivity index (χ2v) is 3.84.